The number of phenolic OH excluding ortho intramolecular Hbond substituents is 1. The minimum atomic E-state index is 0.0209. The van der Waals surface area contributed by atoms with E-state index in [9.17, 15) is 9.90 Å². The summed E-state index contributed by atoms with van der Waals surface area (Å²) in [6, 6.07) is 9.28. The van der Waals surface area contributed by atoms with Gasteiger partial charge in [0.25, 0.3) is 5.91 Å². The van der Waals surface area contributed by atoms with Gasteiger partial charge in [0.1, 0.15) is 5.75 Å². The molecule has 2 aromatic rings. The van der Waals surface area contributed by atoms with E-state index in [0.717, 1.165) is 28.8 Å². The Morgan fingerprint density at radius 3 is 2.61 bits per heavy atom. The van der Waals surface area contributed by atoms with Crippen molar-refractivity contribution in [1.82, 2.24) is 5.32 Å². The number of carbonyl (C=O) groups is 1. The Kier molecular flexibility index (Phi) is 2.80. The quantitative estimate of drug-likeness (QED) is 0.890. The van der Waals surface area contributed by atoms with Gasteiger partial charge in [-0.2, -0.15) is 0 Å². The molecule has 1 aliphatic rings. The normalized spacial score (nSPS) is 14.4. The zero-order valence-electron chi connectivity index (χ0n) is 9.72. The van der Waals surface area contributed by atoms with Gasteiger partial charge in [-0.3, -0.25) is 4.79 Å². The van der Waals surface area contributed by atoms with E-state index in [4.69, 9.17) is 0 Å². The van der Waals surface area contributed by atoms with E-state index in [2.05, 4.69) is 5.32 Å². The average molecular weight is 259 g/mol. The van der Waals surface area contributed by atoms with Gasteiger partial charge >= 0.3 is 0 Å². The molecule has 92 valence electrons. The van der Waals surface area contributed by atoms with Crippen LogP contribution in [0.15, 0.2) is 35.7 Å². The number of phenols is 1. The number of benzene rings is 1. The lowest BCUT2D eigenvalue weighted by Gasteiger charge is -1.99. The molecule has 0 bridgehead atoms. The molecule has 1 fully saturated rings. The number of carbonyl (C=O) groups excluding carboxylic acids is 1. The maximum atomic E-state index is 11.9. The molecule has 1 aliphatic carbocycles. The molecule has 1 aromatic heterocycles. The first kappa shape index (κ1) is 11.3. The molecular formula is C14H13NO2S. The topological polar surface area (TPSA) is 49.3 Å². The second-order valence-electron chi connectivity index (χ2n) is 4.49. The number of amides is 1. The van der Waals surface area contributed by atoms with Crippen molar-refractivity contribution in [3.63, 3.8) is 0 Å². The summed E-state index contributed by atoms with van der Waals surface area (Å²) in [5.74, 6) is 0.271. The molecule has 0 spiro atoms. The van der Waals surface area contributed by atoms with Crippen molar-refractivity contribution in [3.05, 3.63) is 40.6 Å². The molecule has 18 heavy (non-hydrogen) atoms. The lowest BCUT2D eigenvalue weighted by Crippen LogP contribution is -2.24. The molecule has 0 atom stereocenters. The molecule has 0 saturated heterocycles. The predicted octanol–water partition coefficient (Wildman–Crippen LogP) is 3.01. The Balaban J connectivity index is 1.79. The molecule has 3 rings (SSSR count). The highest BCUT2D eigenvalue weighted by Crippen LogP contribution is 2.27. The fraction of sp³-hybridized carbons (Fsp3) is 0.214. The van der Waals surface area contributed by atoms with Gasteiger partial charge in [-0.25, -0.2) is 0 Å². The lowest BCUT2D eigenvalue weighted by atomic mass is 10.1. The lowest BCUT2D eigenvalue weighted by molar-refractivity contribution is 0.0955. The van der Waals surface area contributed by atoms with Gasteiger partial charge < -0.3 is 10.4 Å². The van der Waals surface area contributed by atoms with Gasteiger partial charge in [0, 0.05) is 6.04 Å². The maximum absolute atomic E-state index is 11.9. The molecule has 2 N–H and O–H groups in total. The summed E-state index contributed by atoms with van der Waals surface area (Å²) in [6.45, 7) is 0. The zero-order valence-corrected chi connectivity index (χ0v) is 10.5. The van der Waals surface area contributed by atoms with Crippen LogP contribution >= 0.6 is 11.3 Å². The molecule has 1 saturated carbocycles. The molecule has 0 aliphatic heterocycles. The number of hydrogen-bond acceptors (Lipinski definition) is 3. The molecule has 4 heteroatoms. The van der Waals surface area contributed by atoms with Crippen LogP contribution in [0.2, 0.25) is 0 Å². The third kappa shape index (κ3) is 2.38. The fourth-order valence-corrected chi connectivity index (χ4v) is 2.56. The van der Waals surface area contributed by atoms with Gasteiger partial charge in [-0.1, -0.05) is 12.1 Å². The standard InChI is InChI=1S/C14H13NO2S/c16-12-5-1-9(2-6-12)10-7-13(18-8-10)14(17)15-11-3-4-11/h1-2,5-8,11,16H,3-4H2,(H,15,17). The molecule has 3 nitrogen and oxygen atoms in total. The van der Waals surface area contributed by atoms with E-state index in [1.807, 2.05) is 23.6 Å². The van der Waals surface area contributed by atoms with Crippen molar-refractivity contribution in [2.45, 2.75) is 18.9 Å². The Morgan fingerprint density at radius 2 is 1.94 bits per heavy atom. The third-order valence-corrected chi connectivity index (χ3v) is 3.87. The summed E-state index contributed by atoms with van der Waals surface area (Å²) in [7, 11) is 0. The average Bonchev–Trinajstić information content (AvgIpc) is 3.04. The second-order valence-corrected chi connectivity index (χ2v) is 5.41. The van der Waals surface area contributed by atoms with Crippen LogP contribution in [-0.4, -0.2) is 17.1 Å². The van der Waals surface area contributed by atoms with Crippen molar-refractivity contribution < 1.29 is 9.90 Å². The Hall–Kier alpha value is -1.81. The van der Waals surface area contributed by atoms with E-state index in [1.165, 1.54) is 11.3 Å². The Morgan fingerprint density at radius 1 is 1.22 bits per heavy atom. The van der Waals surface area contributed by atoms with E-state index in [0.29, 0.717) is 6.04 Å². The molecular weight excluding hydrogens is 246 g/mol. The first-order chi connectivity index (χ1) is 8.72. The Labute approximate surface area is 109 Å². The van der Waals surface area contributed by atoms with Crippen LogP contribution in [0.5, 0.6) is 5.75 Å². The van der Waals surface area contributed by atoms with Crippen molar-refractivity contribution in [1.29, 1.82) is 0 Å². The first-order valence-corrected chi connectivity index (χ1v) is 6.79. The first-order valence-electron chi connectivity index (χ1n) is 5.91. The summed E-state index contributed by atoms with van der Waals surface area (Å²) >= 11 is 1.45. The van der Waals surface area contributed by atoms with Gasteiger partial charge in [0.15, 0.2) is 0 Å². The predicted molar refractivity (Wildman–Crippen MR) is 71.9 cm³/mol. The number of thiophene rings is 1. The smallest absolute Gasteiger partial charge is 0.261 e. The van der Waals surface area contributed by atoms with Gasteiger partial charge in [0.05, 0.1) is 4.88 Å². The summed E-state index contributed by atoms with van der Waals surface area (Å²) in [5, 5.41) is 14.2. The summed E-state index contributed by atoms with van der Waals surface area (Å²) in [5.41, 5.74) is 2.02. The van der Waals surface area contributed by atoms with E-state index in [-0.39, 0.29) is 11.7 Å². The zero-order chi connectivity index (χ0) is 12.5. The van der Waals surface area contributed by atoms with Gasteiger partial charge in [-0.15, -0.1) is 11.3 Å². The van der Waals surface area contributed by atoms with E-state index < -0.39 is 0 Å². The highest BCUT2D eigenvalue weighted by molar-refractivity contribution is 7.12. The number of rotatable bonds is 3. The largest absolute Gasteiger partial charge is 0.508 e. The van der Waals surface area contributed by atoms with Crippen molar-refractivity contribution in [2.75, 3.05) is 0 Å². The van der Waals surface area contributed by atoms with Crippen molar-refractivity contribution in [2.24, 2.45) is 0 Å². The van der Waals surface area contributed by atoms with Crippen LogP contribution in [0, 0.1) is 0 Å². The van der Waals surface area contributed by atoms with Crippen LogP contribution < -0.4 is 5.32 Å². The van der Waals surface area contributed by atoms with Crippen LogP contribution in [0.25, 0.3) is 11.1 Å². The highest BCUT2D eigenvalue weighted by Gasteiger charge is 2.24. The van der Waals surface area contributed by atoms with E-state index in [1.54, 1.807) is 12.1 Å². The van der Waals surface area contributed by atoms with Crippen molar-refractivity contribution in [3.8, 4) is 16.9 Å². The minimum absolute atomic E-state index is 0.0209. The summed E-state index contributed by atoms with van der Waals surface area (Å²) in [4.78, 5) is 12.6. The molecule has 1 amide bonds. The number of aromatic hydroxyl groups is 1. The molecule has 1 aromatic carbocycles. The van der Waals surface area contributed by atoms with Crippen LogP contribution in [0.4, 0.5) is 0 Å². The van der Waals surface area contributed by atoms with Crippen LogP contribution in [0.3, 0.4) is 0 Å². The second kappa shape index (κ2) is 4.46. The van der Waals surface area contributed by atoms with Crippen LogP contribution in [0.1, 0.15) is 22.5 Å². The fourth-order valence-electron chi connectivity index (χ4n) is 1.74. The monoisotopic (exact) mass is 259 g/mol. The molecule has 0 radical (unpaired) electrons. The van der Waals surface area contributed by atoms with Crippen LogP contribution in [-0.2, 0) is 0 Å². The van der Waals surface area contributed by atoms with E-state index >= 15 is 0 Å². The molecule has 0 unspecified atom stereocenters. The molecule has 1 heterocycles. The highest BCUT2D eigenvalue weighted by atomic mass is 32.1. The summed E-state index contributed by atoms with van der Waals surface area (Å²) in [6.07, 6.45) is 2.20. The van der Waals surface area contributed by atoms with Crippen molar-refractivity contribution >= 4 is 17.2 Å². The number of hydrogen-bond donors (Lipinski definition) is 2. The Bertz CT molecular complexity index is 570. The van der Waals surface area contributed by atoms with Gasteiger partial charge in [0.2, 0.25) is 0 Å². The third-order valence-electron chi connectivity index (χ3n) is 2.94. The maximum Gasteiger partial charge on any atom is 0.261 e. The summed E-state index contributed by atoms with van der Waals surface area (Å²) < 4.78 is 0. The van der Waals surface area contributed by atoms with Gasteiger partial charge in [-0.05, 0) is 47.5 Å². The SMILES string of the molecule is O=C(NC1CC1)c1cc(-c2ccc(O)cc2)cs1. The number of nitrogens with one attached hydrogen (secondary N) is 1. The minimum Gasteiger partial charge on any atom is -0.508 e.